The Kier molecular flexibility index (Phi) is 8.42. The fraction of sp³-hybridized carbons (Fsp3) is 0.300. The summed E-state index contributed by atoms with van der Waals surface area (Å²) in [5.74, 6) is -0.292. The Bertz CT molecular complexity index is 845. The molecule has 0 heterocycles. The third-order valence-corrected chi connectivity index (χ3v) is 4.96. The average molecular weight is 444 g/mol. The highest BCUT2D eigenvalue weighted by molar-refractivity contribution is 6.35. The van der Waals surface area contributed by atoms with Crippen LogP contribution >= 0.6 is 34.8 Å². The van der Waals surface area contributed by atoms with Crippen LogP contribution in [0, 0.1) is 0 Å². The van der Waals surface area contributed by atoms with Crippen LogP contribution in [0.15, 0.2) is 42.5 Å². The average Bonchev–Trinajstić information content (AvgIpc) is 2.66. The highest BCUT2D eigenvalue weighted by Crippen LogP contribution is 2.27. The van der Waals surface area contributed by atoms with Crippen molar-refractivity contribution >= 4 is 46.6 Å². The van der Waals surface area contributed by atoms with Crippen LogP contribution in [0.4, 0.5) is 0 Å². The van der Waals surface area contributed by atoms with E-state index in [1.54, 1.807) is 31.2 Å². The Morgan fingerprint density at radius 3 is 2.46 bits per heavy atom. The minimum Gasteiger partial charge on any atom is -0.482 e. The third-order valence-electron chi connectivity index (χ3n) is 4.06. The number of likely N-dealkylation sites (N-methyl/N-ethyl adjacent to an activating group) is 1. The van der Waals surface area contributed by atoms with Gasteiger partial charge in [-0.25, -0.2) is 0 Å². The zero-order valence-electron chi connectivity index (χ0n) is 15.5. The third kappa shape index (κ3) is 6.03. The van der Waals surface area contributed by atoms with E-state index in [4.69, 9.17) is 39.5 Å². The van der Waals surface area contributed by atoms with E-state index in [1.807, 2.05) is 19.1 Å². The highest BCUT2D eigenvalue weighted by Gasteiger charge is 2.26. The van der Waals surface area contributed by atoms with Gasteiger partial charge in [-0.3, -0.25) is 9.59 Å². The zero-order chi connectivity index (χ0) is 20.7. The van der Waals surface area contributed by atoms with Crippen molar-refractivity contribution in [3.63, 3.8) is 0 Å². The van der Waals surface area contributed by atoms with Crippen LogP contribution in [-0.4, -0.2) is 35.9 Å². The first-order valence-electron chi connectivity index (χ1n) is 8.72. The standard InChI is InChI=1S/C20H21Cl3N2O3/c1-3-24-20(27)13(2)25(11-14-6-4-5-7-16(14)22)19(26)12-28-18-9-8-15(21)10-17(18)23/h4-10,13H,3,11-12H2,1-2H3,(H,24,27)/t13-/m1/s1. The number of benzene rings is 2. The van der Waals surface area contributed by atoms with Gasteiger partial charge in [0, 0.05) is 23.1 Å². The first-order chi connectivity index (χ1) is 13.3. The summed E-state index contributed by atoms with van der Waals surface area (Å²) in [5.41, 5.74) is 0.734. The minimum absolute atomic E-state index is 0.175. The molecule has 0 radical (unpaired) electrons. The molecule has 2 aromatic rings. The van der Waals surface area contributed by atoms with Crippen molar-refractivity contribution in [3.8, 4) is 5.75 Å². The first kappa shape index (κ1) is 22.3. The van der Waals surface area contributed by atoms with E-state index < -0.39 is 6.04 Å². The van der Waals surface area contributed by atoms with E-state index >= 15 is 0 Å². The van der Waals surface area contributed by atoms with Crippen molar-refractivity contribution in [1.29, 1.82) is 0 Å². The summed E-state index contributed by atoms with van der Waals surface area (Å²) in [6.45, 7) is 3.84. The first-order valence-corrected chi connectivity index (χ1v) is 9.85. The molecule has 0 bridgehead atoms. The van der Waals surface area contributed by atoms with E-state index in [1.165, 1.54) is 11.0 Å². The molecule has 1 N–H and O–H groups in total. The molecule has 150 valence electrons. The molecule has 8 heteroatoms. The van der Waals surface area contributed by atoms with Crippen LogP contribution < -0.4 is 10.1 Å². The van der Waals surface area contributed by atoms with E-state index in [0.717, 1.165) is 5.56 Å². The van der Waals surface area contributed by atoms with Gasteiger partial charge in [0.1, 0.15) is 11.8 Å². The summed E-state index contributed by atoms with van der Waals surface area (Å²) in [4.78, 5) is 26.6. The lowest BCUT2D eigenvalue weighted by Gasteiger charge is -2.29. The molecule has 28 heavy (non-hydrogen) atoms. The Hall–Kier alpha value is -1.95. The summed E-state index contributed by atoms with van der Waals surface area (Å²) in [7, 11) is 0. The number of hydrogen-bond donors (Lipinski definition) is 1. The van der Waals surface area contributed by atoms with Crippen LogP contribution in [-0.2, 0) is 16.1 Å². The smallest absolute Gasteiger partial charge is 0.261 e. The molecule has 1 atom stereocenters. The number of amides is 2. The van der Waals surface area contributed by atoms with Gasteiger partial charge in [0.15, 0.2) is 6.61 Å². The largest absolute Gasteiger partial charge is 0.482 e. The Balaban J connectivity index is 2.18. The number of nitrogens with one attached hydrogen (secondary N) is 1. The molecule has 2 aromatic carbocycles. The quantitative estimate of drug-likeness (QED) is 0.650. The van der Waals surface area contributed by atoms with Crippen molar-refractivity contribution in [3.05, 3.63) is 63.1 Å². The van der Waals surface area contributed by atoms with Gasteiger partial charge in [0.05, 0.1) is 5.02 Å². The maximum absolute atomic E-state index is 12.9. The molecule has 0 spiro atoms. The molecule has 2 amide bonds. The summed E-state index contributed by atoms with van der Waals surface area (Å²) in [5, 5.41) is 4.01. The second-order valence-corrected chi connectivity index (χ2v) is 7.30. The summed E-state index contributed by atoms with van der Waals surface area (Å²) < 4.78 is 5.55. The van der Waals surface area contributed by atoms with Crippen LogP contribution in [0.25, 0.3) is 0 Å². The number of nitrogens with zero attached hydrogens (tertiary/aromatic N) is 1. The van der Waals surface area contributed by atoms with Gasteiger partial charge in [-0.15, -0.1) is 0 Å². The van der Waals surface area contributed by atoms with Crippen LogP contribution in [0.2, 0.25) is 15.1 Å². The van der Waals surface area contributed by atoms with Gasteiger partial charge in [-0.2, -0.15) is 0 Å². The molecule has 0 aliphatic rings. The Morgan fingerprint density at radius 1 is 1.11 bits per heavy atom. The summed E-state index contributed by atoms with van der Waals surface area (Å²) >= 11 is 18.2. The van der Waals surface area contributed by atoms with Gasteiger partial charge in [0.2, 0.25) is 5.91 Å². The van der Waals surface area contributed by atoms with E-state index in [9.17, 15) is 9.59 Å². The SMILES string of the molecule is CCNC(=O)[C@@H](C)N(Cc1ccccc1Cl)C(=O)COc1ccc(Cl)cc1Cl. The van der Waals surface area contributed by atoms with E-state index in [0.29, 0.717) is 27.4 Å². The predicted molar refractivity (Wildman–Crippen MR) is 112 cm³/mol. The van der Waals surface area contributed by atoms with E-state index in [-0.39, 0.29) is 25.0 Å². The lowest BCUT2D eigenvalue weighted by atomic mass is 10.1. The minimum atomic E-state index is -0.701. The van der Waals surface area contributed by atoms with Gasteiger partial charge in [0.25, 0.3) is 5.91 Å². The number of rotatable bonds is 8. The number of halogens is 3. The molecule has 0 saturated heterocycles. The fourth-order valence-corrected chi connectivity index (χ4v) is 3.19. The normalized spacial score (nSPS) is 11.6. The Morgan fingerprint density at radius 2 is 1.82 bits per heavy atom. The lowest BCUT2D eigenvalue weighted by molar-refractivity contribution is -0.142. The highest BCUT2D eigenvalue weighted by atomic mass is 35.5. The van der Waals surface area contributed by atoms with Crippen molar-refractivity contribution in [2.75, 3.05) is 13.2 Å². The van der Waals surface area contributed by atoms with Crippen LogP contribution in [0.1, 0.15) is 19.4 Å². The predicted octanol–water partition coefficient (Wildman–Crippen LogP) is 4.58. The maximum atomic E-state index is 12.9. The zero-order valence-corrected chi connectivity index (χ0v) is 17.8. The molecule has 0 aliphatic carbocycles. The van der Waals surface area contributed by atoms with E-state index in [2.05, 4.69) is 5.32 Å². The molecule has 0 saturated carbocycles. The maximum Gasteiger partial charge on any atom is 0.261 e. The number of ether oxygens (including phenoxy) is 1. The second kappa shape index (κ2) is 10.6. The molecule has 0 aliphatic heterocycles. The van der Waals surface area contributed by atoms with Crippen molar-refractivity contribution in [2.45, 2.75) is 26.4 Å². The second-order valence-electron chi connectivity index (χ2n) is 6.05. The molecule has 0 unspecified atom stereocenters. The number of carbonyl (C=O) groups excluding carboxylic acids is 2. The van der Waals surface area contributed by atoms with Gasteiger partial charge in [-0.05, 0) is 43.7 Å². The Labute approximate surface area is 179 Å². The van der Waals surface area contributed by atoms with Gasteiger partial charge in [-0.1, -0.05) is 53.0 Å². The van der Waals surface area contributed by atoms with Crippen molar-refractivity contribution in [1.82, 2.24) is 10.2 Å². The van der Waals surface area contributed by atoms with Gasteiger partial charge < -0.3 is 15.0 Å². The van der Waals surface area contributed by atoms with Crippen molar-refractivity contribution < 1.29 is 14.3 Å². The summed E-state index contributed by atoms with van der Waals surface area (Å²) in [6, 6.07) is 11.2. The molecule has 0 aromatic heterocycles. The van der Waals surface area contributed by atoms with Gasteiger partial charge >= 0.3 is 0 Å². The molecule has 0 fully saturated rings. The molecular weight excluding hydrogens is 423 g/mol. The lowest BCUT2D eigenvalue weighted by Crippen LogP contribution is -2.49. The van der Waals surface area contributed by atoms with Crippen LogP contribution in [0.5, 0.6) is 5.75 Å². The monoisotopic (exact) mass is 442 g/mol. The van der Waals surface area contributed by atoms with Crippen molar-refractivity contribution in [2.24, 2.45) is 0 Å². The van der Waals surface area contributed by atoms with Crippen LogP contribution in [0.3, 0.4) is 0 Å². The summed E-state index contributed by atoms with van der Waals surface area (Å²) in [6.07, 6.45) is 0. The number of carbonyl (C=O) groups is 2. The topological polar surface area (TPSA) is 58.6 Å². The molecule has 5 nitrogen and oxygen atoms in total. The fourth-order valence-electron chi connectivity index (χ4n) is 2.53. The molecular formula is C20H21Cl3N2O3. The molecule has 2 rings (SSSR count). The number of hydrogen-bond acceptors (Lipinski definition) is 3.